The Morgan fingerprint density at radius 1 is 1.50 bits per heavy atom. The highest BCUT2D eigenvalue weighted by atomic mass is 16.5. The molecule has 1 heterocycles. The van der Waals surface area contributed by atoms with Crippen molar-refractivity contribution >= 4 is 11.6 Å². The minimum atomic E-state index is -0.0765. The molecule has 0 saturated carbocycles. The van der Waals surface area contributed by atoms with Crippen LogP contribution >= 0.6 is 0 Å². The molecule has 0 spiro atoms. The van der Waals surface area contributed by atoms with Gasteiger partial charge in [0, 0.05) is 5.69 Å². The monoisotopic (exact) mass is 248 g/mol. The van der Waals surface area contributed by atoms with Gasteiger partial charge >= 0.3 is 0 Å². The highest BCUT2D eigenvalue weighted by Gasteiger charge is 2.29. The van der Waals surface area contributed by atoms with Crippen LogP contribution in [0.4, 0.5) is 5.69 Å². The maximum absolute atomic E-state index is 12.1. The summed E-state index contributed by atoms with van der Waals surface area (Å²) < 4.78 is 5.20. The minimum Gasteiger partial charge on any atom is -0.496 e. The van der Waals surface area contributed by atoms with Crippen molar-refractivity contribution in [2.75, 3.05) is 19.0 Å². The van der Waals surface area contributed by atoms with E-state index < -0.39 is 0 Å². The van der Waals surface area contributed by atoms with E-state index in [1.54, 1.807) is 7.11 Å². The highest BCUT2D eigenvalue weighted by Crippen LogP contribution is 2.22. The fourth-order valence-electron chi connectivity index (χ4n) is 2.36. The van der Waals surface area contributed by atoms with Crippen molar-refractivity contribution in [3.8, 4) is 5.75 Å². The Hall–Kier alpha value is -1.55. The van der Waals surface area contributed by atoms with Crippen molar-refractivity contribution in [1.29, 1.82) is 0 Å². The van der Waals surface area contributed by atoms with Gasteiger partial charge in [-0.05, 0) is 49.6 Å². The van der Waals surface area contributed by atoms with Crippen LogP contribution < -0.4 is 15.4 Å². The first-order valence-electron chi connectivity index (χ1n) is 6.30. The Kier molecular flexibility index (Phi) is 3.87. The Morgan fingerprint density at radius 3 is 2.83 bits per heavy atom. The van der Waals surface area contributed by atoms with Crippen LogP contribution in [-0.4, -0.2) is 25.6 Å². The van der Waals surface area contributed by atoms with Gasteiger partial charge in [-0.3, -0.25) is 4.79 Å². The quantitative estimate of drug-likeness (QED) is 0.859. The second-order valence-electron chi connectivity index (χ2n) is 4.87. The van der Waals surface area contributed by atoms with Crippen molar-refractivity contribution in [1.82, 2.24) is 5.32 Å². The summed E-state index contributed by atoms with van der Waals surface area (Å²) in [5.74, 6) is 1.27. The third-order valence-corrected chi connectivity index (χ3v) is 3.48. The fourth-order valence-corrected chi connectivity index (χ4v) is 2.36. The van der Waals surface area contributed by atoms with Crippen molar-refractivity contribution in [3.05, 3.63) is 23.8 Å². The normalized spacial score (nSPS) is 22.8. The lowest BCUT2D eigenvalue weighted by Gasteiger charge is -2.16. The van der Waals surface area contributed by atoms with E-state index in [1.807, 2.05) is 25.1 Å². The van der Waals surface area contributed by atoms with E-state index in [2.05, 4.69) is 17.6 Å². The van der Waals surface area contributed by atoms with Crippen molar-refractivity contribution in [2.24, 2.45) is 5.92 Å². The maximum Gasteiger partial charge on any atom is 0.241 e. The van der Waals surface area contributed by atoms with Gasteiger partial charge in [-0.25, -0.2) is 0 Å². The maximum atomic E-state index is 12.1. The summed E-state index contributed by atoms with van der Waals surface area (Å²) in [5, 5.41) is 6.18. The summed E-state index contributed by atoms with van der Waals surface area (Å²) in [6.07, 6.45) is 1.06. The van der Waals surface area contributed by atoms with Gasteiger partial charge in [-0.15, -0.1) is 0 Å². The Balaban J connectivity index is 2.05. The number of methoxy groups -OCH3 is 1. The zero-order valence-electron chi connectivity index (χ0n) is 11.1. The molecule has 4 heteroatoms. The molecule has 2 N–H and O–H groups in total. The topological polar surface area (TPSA) is 50.4 Å². The molecule has 1 aromatic rings. The number of nitrogens with one attached hydrogen (secondary N) is 2. The van der Waals surface area contributed by atoms with Gasteiger partial charge in [-0.2, -0.15) is 0 Å². The second-order valence-corrected chi connectivity index (χ2v) is 4.87. The summed E-state index contributed by atoms with van der Waals surface area (Å²) >= 11 is 0. The lowest BCUT2D eigenvalue weighted by Crippen LogP contribution is -2.39. The highest BCUT2D eigenvalue weighted by molar-refractivity contribution is 5.95. The first-order valence-corrected chi connectivity index (χ1v) is 6.30. The molecule has 1 aromatic carbocycles. The zero-order valence-corrected chi connectivity index (χ0v) is 11.1. The van der Waals surface area contributed by atoms with Gasteiger partial charge in [0.2, 0.25) is 5.91 Å². The summed E-state index contributed by atoms with van der Waals surface area (Å²) in [7, 11) is 1.64. The lowest BCUT2D eigenvalue weighted by atomic mass is 10.0. The Labute approximate surface area is 108 Å². The molecule has 1 aliphatic heterocycles. The fraction of sp³-hybridized carbons (Fsp3) is 0.500. The number of amides is 1. The van der Waals surface area contributed by atoms with E-state index in [4.69, 9.17) is 4.74 Å². The van der Waals surface area contributed by atoms with E-state index in [1.165, 1.54) is 0 Å². The number of hydrogen-bond donors (Lipinski definition) is 2. The third-order valence-electron chi connectivity index (χ3n) is 3.48. The number of benzene rings is 1. The van der Waals surface area contributed by atoms with Gasteiger partial charge in [0.1, 0.15) is 5.75 Å². The number of anilines is 1. The van der Waals surface area contributed by atoms with Gasteiger partial charge in [0.05, 0.1) is 13.2 Å². The number of carbonyl (C=O) groups is 1. The molecule has 1 aliphatic rings. The molecular weight excluding hydrogens is 228 g/mol. The van der Waals surface area contributed by atoms with Crippen molar-refractivity contribution in [2.45, 2.75) is 26.3 Å². The summed E-state index contributed by atoms with van der Waals surface area (Å²) in [6, 6.07) is 5.59. The summed E-state index contributed by atoms with van der Waals surface area (Å²) in [6.45, 7) is 4.98. The van der Waals surface area contributed by atoms with Crippen LogP contribution in [0.1, 0.15) is 18.9 Å². The van der Waals surface area contributed by atoms with Crippen molar-refractivity contribution in [3.63, 3.8) is 0 Å². The van der Waals surface area contributed by atoms with Crippen LogP contribution in [0.5, 0.6) is 5.75 Å². The average molecular weight is 248 g/mol. The first kappa shape index (κ1) is 12.9. The van der Waals surface area contributed by atoms with Crippen LogP contribution in [0.2, 0.25) is 0 Å². The largest absolute Gasteiger partial charge is 0.496 e. The molecule has 1 fully saturated rings. The molecule has 18 heavy (non-hydrogen) atoms. The number of rotatable bonds is 3. The van der Waals surface area contributed by atoms with E-state index in [0.717, 1.165) is 30.0 Å². The molecule has 2 rings (SSSR count). The SMILES string of the molecule is COc1ccc(NC(=O)C2NCCC2C)cc1C. The number of aryl methyl sites for hydroxylation is 1. The van der Waals surface area contributed by atoms with Gasteiger partial charge in [-0.1, -0.05) is 6.92 Å². The summed E-state index contributed by atoms with van der Waals surface area (Å²) in [5.41, 5.74) is 1.84. The van der Waals surface area contributed by atoms with Crippen LogP contribution in [0.15, 0.2) is 18.2 Å². The number of carbonyl (C=O) groups excluding carboxylic acids is 1. The van der Waals surface area contributed by atoms with Gasteiger partial charge < -0.3 is 15.4 Å². The predicted octanol–water partition coefficient (Wildman–Crippen LogP) is 1.94. The minimum absolute atomic E-state index is 0.0459. The molecule has 0 radical (unpaired) electrons. The number of ether oxygens (including phenoxy) is 1. The molecule has 0 bridgehead atoms. The Morgan fingerprint density at radius 2 is 2.28 bits per heavy atom. The summed E-state index contributed by atoms with van der Waals surface area (Å²) in [4.78, 5) is 12.1. The molecule has 2 unspecified atom stereocenters. The predicted molar refractivity (Wildman–Crippen MR) is 71.9 cm³/mol. The molecule has 2 atom stereocenters. The molecule has 0 aliphatic carbocycles. The zero-order chi connectivity index (χ0) is 13.1. The number of hydrogen-bond acceptors (Lipinski definition) is 3. The van der Waals surface area contributed by atoms with Gasteiger partial charge in [0.25, 0.3) is 0 Å². The molecule has 1 saturated heterocycles. The first-order chi connectivity index (χ1) is 8.61. The molecule has 4 nitrogen and oxygen atoms in total. The molecular formula is C14H20N2O2. The molecule has 0 aromatic heterocycles. The van der Waals surface area contributed by atoms with Crippen LogP contribution in [-0.2, 0) is 4.79 Å². The van der Waals surface area contributed by atoms with E-state index >= 15 is 0 Å². The average Bonchev–Trinajstić information content (AvgIpc) is 2.76. The molecule has 1 amide bonds. The standard InChI is InChI=1S/C14H20N2O2/c1-9-6-7-15-13(9)14(17)16-11-4-5-12(18-3)10(2)8-11/h4-5,8-9,13,15H,6-7H2,1-3H3,(H,16,17). The lowest BCUT2D eigenvalue weighted by molar-refractivity contribution is -0.118. The third kappa shape index (κ3) is 2.64. The Bertz CT molecular complexity index is 445. The smallest absolute Gasteiger partial charge is 0.241 e. The van der Waals surface area contributed by atoms with E-state index in [9.17, 15) is 4.79 Å². The van der Waals surface area contributed by atoms with Crippen LogP contribution in [0.25, 0.3) is 0 Å². The van der Waals surface area contributed by atoms with E-state index in [-0.39, 0.29) is 11.9 Å². The molecule has 98 valence electrons. The van der Waals surface area contributed by atoms with E-state index in [0.29, 0.717) is 5.92 Å². The van der Waals surface area contributed by atoms with Gasteiger partial charge in [0.15, 0.2) is 0 Å². The van der Waals surface area contributed by atoms with Crippen molar-refractivity contribution < 1.29 is 9.53 Å². The van der Waals surface area contributed by atoms with Crippen LogP contribution in [0.3, 0.4) is 0 Å². The second kappa shape index (κ2) is 5.40. The van der Waals surface area contributed by atoms with Crippen LogP contribution in [0, 0.1) is 12.8 Å².